The van der Waals surface area contributed by atoms with E-state index in [1.54, 1.807) is 0 Å². The first-order valence-corrected chi connectivity index (χ1v) is 37.5. The van der Waals surface area contributed by atoms with Crippen LogP contribution in [0.3, 0.4) is 0 Å². The third-order valence-corrected chi connectivity index (χ3v) is 26.4. The molecule has 0 unspecified atom stereocenters. The summed E-state index contributed by atoms with van der Waals surface area (Å²) in [5.74, 6) is 0. The van der Waals surface area contributed by atoms with E-state index in [-0.39, 0.29) is 89.4 Å². The van der Waals surface area contributed by atoms with E-state index in [4.69, 9.17) is 9.97 Å². The van der Waals surface area contributed by atoms with Gasteiger partial charge in [-0.05, 0) is 338 Å². The van der Waals surface area contributed by atoms with Crippen LogP contribution in [0.5, 0.6) is 0 Å². The first-order chi connectivity index (χ1) is 49.3. The fourth-order valence-electron chi connectivity index (χ4n) is 14.2. The van der Waals surface area contributed by atoms with E-state index in [0.717, 1.165) is 48.5 Å². The molecule has 0 atom stereocenters. The summed E-state index contributed by atoms with van der Waals surface area (Å²) in [5.41, 5.74) is 1.19. The quantitative estimate of drug-likeness (QED) is 0.173. The summed E-state index contributed by atoms with van der Waals surface area (Å²) in [5, 5.41) is 7.03. The normalized spacial score (nSPS) is 12.8. The number of nitrogens with zero attached hydrogens (tertiary/aromatic N) is 2. The van der Waals surface area contributed by atoms with Crippen LogP contribution >= 0.6 is 127 Å². The Labute approximate surface area is 647 Å². The summed E-state index contributed by atoms with van der Waals surface area (Å²) in [6.07, 6.45) is -19.2. The Balaban J connectivity index is 1.23. The smallest absolute Gasteiger partial charge is 0.353 e. The Kier molecular flexibility index (Phi) is 16.6. The number of alkyl halides is 12. The van der Waals surface area contributed by atoms with Gasteiger partial charge in [0.15, 0.2) is 0 Å². The lowest BCUT2D eigenvalue weighted by atomic mass is 9.91. The van der Waals surface area contributed by atoms with Crippen LogP contribution in [-0.4, -0.2) is 19.9 Å². The Morgan fingerprint density at radius 3 is 0.548 bits per heavy atom. The standard InChI is InChI=1S/C80H34Br8F12N4/c81-57-25-37-17-49-51(19-39(37)27-59(57)83)71-66(34-3-11-46(12-4-34)78(92,93)94)73-53-21-41-29-61(85)63(87)31-43(41)23-55(53)75(103-73)68(36-7-15-48(16-8-36)80(98,99)100)76-56-24-44-32-64(88)62(86)30-42(44)22-54(56)74(104-76)67(35-5-13-47(14-6-35)79(95,96)97)72-52-20-40-28-60(84)58(82)26-38(40)18-50(52)70(102-72)65(69(49)101-71)33-1-9-45(10-2-33)77(89,90)91/h1-32,101,104H. The van der Waals surface area contributed by atoms with Crippen LogP contribution in [0.15, 0.2) is 230 Å². The lowest BCUT2D eigenvalue weighted by molar-refractivity contribution is -0.138. The number of hydrogen-bond donors (Lipinski definition) is 2. The van der Waals surface area contributed by atoms with Gasteiger partial charge in [-0.2, -0.15) is 52.7 Å². The largest absolute Gasteiger partial charge is 0.416 e. The summed E-state index contributed by atoms with van der Waals surface area (Å²) >= 11 is 29.6. The average molecular weight is 1920 g/mol. The fourth-order valence-corrected chi connectivity index (χ4v) is 17.1. The molecule has 8 bridgehead atoms. The SMILES string of the molecule is FC(F)(F)c1ccc(-c2c3nc(c(-c4ccc(C(F)(F)F)cc4)c4[nH]c(c(-c5ccc(C(F)(F)F)cc5)c5nc(c(-c6ccc(C(F)(F)F)cc6)c6[nH]c2c2cc7cc(Br)c(Br)cc7cc62)-c2cc6cc(Br)c(Br)cc6cc2-5)c2cc5cc(Br)c(Br)cc5cc42)-c2cc4cc(Br)c(Br)cc4cc2-3)cc1. The van der Waals surface area contributed by atoms with E-state index in [0.29, 0.717) is 123 Å². The van der Waals surface area contributed by atoms with Crippen LogP contribution < -0.4 is 0 Å². The van der Waals surface area contributed by atoms with Gasteiger partial charge in [0.1, 0.15) is 0 Å². The highest BCUT2D eigenvalue weighted by Crippen LogP contribution is 2.56. The van der Waals surface area contributed by atoms with Crippen molar-refractivity contribution in [3.63, 3.8) is 0 Å². The van der Waals surface area contributed by atoms with Gasteiger partial charge in [0.2, 0.25) is 0 Å². The second-order valence-corrected chi connectivity index (χ2v) is 32.0. The summed E-state index contributed by atoms with van der Waals surface area (Å²) in [7, 11) is 0. The minimum absolute atomic E-state index is 0.171. The van der Waals surface area contributed by atoms with Gasteiger partial charge in [-0.25, -0.2) is 9.97 Å². The van der Waals surface area contributed by atoms with Crippen molar-refractivity contribution in [2.75, 3.05) is 0 Å². The van der Waals surface area contributed by atoms with Gasteiger partial charge in [0.25, 0.3) is 0 Å². The van der Waals surface area contributed by atoms with E-state index in [2.05, 4.69) is 137 Å². The van der Waals surface area contributed by atoms with Crippen molar-refractivity contribution < 1.29 is 52.7 Å². The maximum atomic E-state index is 15.0. The molecule has 2 N–H and O–H groups in total. The predicted octanol–water partition coefficient (Wildman–Crippen LogP) is 30.7. The number of H-pyrrole nitrogens is 2. The molecular weight excluding hydrogens is 1880 g/mol. The van der Waals surface area contributed by atoms with E-state index in [1.165, 1.54) is 48.5 Å². The van der Waals surface area contributed by atoms with Gasteiger partial charge in [0, 0.05) is 102 Å². The van der Waals surface area contributed by atoms with Crippen molar-refractivity contribution in [1.29, 1.82) is 0 Å². The predicted molar refractivity (Wildman–Crippen MR) is 418 cm³/mol. The summed E-state index contributed by atoms with van der Waals surface area (Å²) < 4.78 is 185. The minimum Gasteiger partial charge on any atom is -0.353 e. The van der Waals surface area contributed by atoms with Gasteiger partial charge in [0.05, 0.1) is 67.1 Å². The zero-order chi connectivity index (χ0) is 72.9. The van der Waals surface area contributed by atoms with Crippen LogP contribution in [0.1, 0.15) is 22.3 Å². The Hall–Kier alpha value is -7.68. The number of aromatic amines is 2. The van der Waals surface area contributed by atoms with Crippen molar-refractivity contribution in [2.45, 2.75) is 24.7 Å². The molecule has 0 saturated heterocycles. The van der Waals surface area contributed by atoms with Crippen molar-refractivity contribution >= 4 is 214 Å². The summed E-state index contributed by atoms with van der Waals surface area (Å²) in [6.45, 7) is 0. The zero-order valence-corrected chi connectivity index (χ0v) is 64.6. The molecule has 104 heavy (non-hydrogen) atoms. The third-order valence-electron chi connectivity index (χ3n) is 19.1. The lowest BCUT2D eigenvalue weighted by Crippen LogP contribution is -2.04. The number of hydrogen-bond acceptors (Lipinski definition) is 2. The molecule has 4 heterocycles. The van der Waals surface area contributed by atoms with Crippen molar-refractivity contribution in [1.82, 2.24) is 19.9 Å². The highest BCUT2D eigenvalue weighted by atomic mass is 79.9. The number of nitrogens with one attached hydrogen (secondary N) is 2. The van der Waals surface area contributed by atoms with E-state index >= 15 is 52.7 Å². The molecule has 2 aromatic heterocycles. The molecule has 0 saturated carbocycles. The molecule has 3 aliphatic rings. The van der Waals surface area contributed by atoms with Gasteiger partial charge >= 0.3 is 24.7 Å². The number of halogens is 20. The first-order valence-electron chi connectivity index (χ1n) is 31.2. The number of fused-ring (bicyclic) bond motifs is 4. The van der Waals surface area contributed by atoms with Crippen molar-refractivity contribution in [3.8, 4) is 89.5 Å². The van der Waals surface area contributed by atoms with Crippen molar-refractivity contribution in [2.24, 2.45) is 0 Å². The van der Waals surface area contributed by atoms with Gasteiger partial charge in [-0.1, -0.05) is 48.5 Å². The molecule has 17 rings (SSSR count). The maximum absolute atomic E-state index is 15.0. The fraction of sp³-hybridized carbons (Fsp3) is 0.0500. The van der Waals surface area contributed by atoms with Crippen LogP contribution in [0, 0.1) is 0 Å². The van der Waals surface area contributed by atoms with Gasteiger partial charge < -0.3 is 9.97 Å². The molecule has 0 amide bonds. The Morgan fingerprint density at radius 1 is 0.221 bits per heavy atom. The minimum atomic E-state index is -4.81. The number of benzene rings is 12. The van der Waals surface area contributed by atoms with Crippen LogP contribution in [0.4, 0.5) is 52.7 Å². The molecule has 24 heteroatoms. The topological polar surface area (TPSA) is 57.4 Å². The van der Waals surface area contributed by atoms with E-state index in [1.807, 2.05) is 97.1 Å². The molecule has 2 aliphatic heterocycles. The molecule has 12 aromatic carbocycles. The molecule has 0 radical (unpaired) electrons. The summed E-state index contributed by atoms with van der Waals surface area (Å²) in [6, 6.07) is 48.4. The van der Waals surface area contributed by atoms with Crippen molar-refractivity contribution in [3.05, 3.63) is 252 Å². The number of rotatable bonds is 4. The highest BCUT2D eigenvalue weighted by molar-refractivity contribution is 9.14. The van der Waals surface area contributed by atoms with Gasteiger partial charge in [-0.3, -0.25) is 0 Å². The number of aromatic nitrogens is 4. The van der Waals surface area contributed by atoms with E-state index in [9.17, 15) is 0 Å². The molecule has 14 aromatic rings. The maximum Gasteiger partial charge on any atom is 0.416 e. The molecule has 4 nitrogen and oxygen atoms in total. The first kappa shape index (κ1) is 69.4. The van der Waals surface area contributed by atoms with E-state index < -0.39 is 47.0 Å². The summed E-state index contributed by atoms with van der Waals surface area (Å²) in [4.78, 5) is 19.1. The third kappa shape index (κ3) is 11.8. The Morgan fingerprint density at radius 2 is 0.385 bits per heavy atom. The second kappa shape index (κ2) is 25.0. The van der Waals surface area contributed by atoms with Crippen LogP contribution in [0.25, 0.3) is 176 Å². The van der Waals surface area contributed by atoms with Gasteiger partial charge in [-0.15, -0.1) is 0 Å². The molecule has 0 spiro atoms. The highest BCUT2D eigenvalue weighted by Gasteiger charge is 2.37. The monoisotopic (exact) mass is 1910 g/mol. The molecule has 514 valence electrons. The lowest BCUT2D eigenvalue weighted by Gasteiger charge is -2.13. The Bertz CT molecular complexity index is 5710. The molecule has 0 fully saturated rings. The molecule has 1 aliphatic carbocycles. The van der Waals surface area contributed by atoms with Crippen LogP contribution in [-0.2, 0) is 24.7 Å². The molecular formula is C80H34Br8F12N4. The zero-order valence-electron chi connectivity index (χ0n) is 51.9. The second-order valence-electron chi connectivity index (χ2n) is 25.2. The van der Waals surface area contributed by atoms with Crippen LogP contribution in [0.2, 0.25) is 0 Å². The average Bonchev–Trinajstić information content (AvgIpc) is 1.55.